The Bertz CT molecular complexity index is 643. The van der Waals surface area contributed by atoms with E-state index in [1.807, 2.05) is 6.92 Å². The number of rotatable bonds is 6. The van der Waals surface area contributed by atoms with E-state index in [1.54, 1.807) is 0 Å². The summed E-state index contributed by atoms with van der Waals surface area (Å²) in [5.41, 5.74) is -0.319. The van der Waals surface area contributed by atoms with E-state index < -0.39 is 14.9 Å². The zero-order chi connectivity index (χ0) is 15.6. The standard InChI is InChI=1S/C12H15ClN2O5S/c1-2-20-10-5-8(6-10)14-21(18,19)12-7-9(15(16)17)3-4-11(12)13/h3-4,7-8,10,14H,2,5-6H2,1H3. The summed E-state index contributed by atoms with van der Waals surface area (Å²) in [6.07, 6.45) is 1.22. The van der Waals surface area contributed by atoms with E-state index in [1.165, 1.54) is 6.07 Å². The summed E-state index contributed by atoms with van der Waals surface area (Å²) < 4.78 is 32.3. The Morgan fingerprint density at radius 3 is 2.71 bits per heavy atom. The molecule has 7 nitrogen and oxygen atoms in total. The van der Waals surface area contributed by atoms with Gasteiger partial charge in [0.2, 0.25) is 10.0 Å². The molecule has 0 bridgehead atoms. The lowest BCUT2D eigenvalue weighted by atomic mass is 9.90. The lowest BCUT2D eigenvalue weighted by Gasteiger charge is -2.35. The van der Waals surface area contributed by atoms with Crippen molar-refractivity contribution in [3.8, 4) is 0 Å². The summed E-state index contributed by atoms with van der Waals surface area (Å²) in [7, 11) is -3.89. The molecule has 1 aromatic rings. The number of halogens is 1. The molecular weight excluding hydrogens is 320 g/mol. The number of benzene rings is 1. The summed E-state index contributed by atoms with van der Waals surface area (Å²) in [6.45, 7) is 2.46. The third-order valence-electron chi connectivity index (χ3n) is 3.23. The van der Waals surface area contributed by atoms with E-state index >= 15 is 0 Å². The van der Waals surface area contributed by atoms with Gasteiger partial charge in [0, 0.05) is 24.8 Å². The van der Waals surface area contributed by atoms with Gasteiger partial charge in [-0.3, -0.25) is 10.1 Å². The van der Waals surface area contributed by atoms with Crippen molar-refractivity contribution >= 4 is 27.3 Å². The number of sulfonamides is 1. The Kier molecular flexibility index (Phi) is 4.82. The van der Waals surface area contributed by atoms with Crippen LogP contribution in [-0.4, -0.2) is 32.1 Å². The van der Waals surface area contributed by atoms with E-state index in [0.717, 1.165) is 12.1 Å². The first-order valence-electron chi connectivity index (χ1n) is 6.41. The predicted molar refractivity (Wildman–Crippen MR) is 76.9 cm³/mol. The largest absolute Gasteiger partial charge is 0.378 e. The predicted octanol–water partition coefficient (Wildman–Crippen LogP) is 2.09. The molecule has 0 amide bonds. The topological polar surface area (TPSA) is 98.5 Å². The average Bonchev–Trinajstić information content (AvgIpc) is 2.36. The molecule has 1 saturated carbocycles. The third-order valence-corrected chi connectivity index (χ3v) is 5.24. The highest BCUT2D eigenvalue weighted by atomic mass is 35.5. The van der Waals surface area contributed by atoms with Crippen molar-refractivity contribution in [2.24, 2.45) is 0 Å². The van der Waals surface area contributed by atoms with Crippen LogP contribution in [0.3, 0.4) is 0 Å². The summed E-state index contributed by atoms with van der Waals surface area (Å²) >= 11 is 5.84. The van der Waals surface area contributed by atoms with E-state index in [2.05, 4.69) is 4.72 Å². The Morgan fingerprint density at radius 1 is 1.48 bits per heavy atom. The molecule has 0 aromatic heterocycles. The highest BCUT2D eigenvalue weighted by Crippen LogP contribution is 2.29. The van der Waals surface area contributed by atoms with Crippen LogP contribution in [0.2, 0.25) is 5.02 Å². The van der Waals surface area contributed by atoms with Crippen LogP contribution in [0.4, 0.5) is 5.69 Å². The molecule has 9 heteroatoms. The Labute approximate surface area is 127 Å². The van der Waals surface area contributed by atoms with Crippen LogP contribution in [0.15, 0.2) is 23.1 Å². The van der Waals surface area contributed by atoms with Crippen LogP contribution in [0.5, 0.6) is 0 Å². The lowest BCUT2D eigenvalue weighted by molar-refractivity contribution is -0.385. The normalized spacial score (nSPS) is 21.8. The van der Waals surface area contributed by atoms with Gasteiger partial charge in [-0.1, -0.05) is 11.6 Å². The molecule has 1 aromatic carbocycles. The maximum atomic E-state index is 12.2. The molecule has 21 heavy (non-hydrogen) atoms. The van der Waals surface area contributed by atoms with Crippen molar-refractivity contribution in [2.75, 3.05) is 6.61 Å². The van der Waals surface area contributed by atoms with Gasteiger partial charge in [0.25, 0.3) is 5.69 Å². The first kappa shape index (κ1) is 16.2. The van der Waals surface area contributed by atoms with Crippen LogP contribution in [-0.2, 0) is 14.8 Å². The zero-order valence-corrected chi connectivity index (χ0v) is 12.9. The molecule has 2 rings (SSSR count). The van der Waals surface area contributed by atoms with Gasteiger partial charge in [-0.2, -0.15) is 0 Å². The summed E-state index contributed by atoms with van der Waals surface area (Å²) in [5, 5.41) is 10.7. The molecular formula is C12H15ClN2O5S. The van der Waals surface area contributed by atoms with Crippen molar-refractivity contribution in [1.82, 2.24) is 4.72 Å². The molecule has 1 aliphatic carbocycles. The number of non-ortho nitro benzene ring substituents is 1. The smallest absolute Gasteiger partial charge is 0.270 e. The van der Waals surface area contributed by atoms with Gasteiger partial charge in [-0.25, -0.2) is 13.1 Å². The molecule has 0 spiro atoms. The minimum Gasteiger partial charge on any atom is -0.378 e. The summed E-state index contributed by atoms with van der Waals surface area (Å²) in [6, 6.07) is 3.10. The van der Waals surface area contributed by atoms with Crippen molar-refractivity contribution in [3.63, 3.8) is 0 Å². The van der Waals surface area contributed by atoms with E-state index in [4.69, 9.17) is 16.3 Å². The van der Waals surface area contributed by atoms with Crippen LogP contribution >= 0.6 is 11.6 Å². The lowest BCUT2D eigenvalue weighted by Crippen LogP contribution is -2.47. The molecule has 0 atom stereocenters. The second-order valence-corrected chi connectivity index (χ2v) is 6.83. The molecule has 116 valence electrons. The average molecular weight is 335 g/mol. The number of nitro benzene ring substituents is 1. The van der Waals surface area contributed by atoms with Gasteiger partial charge in [0.1, 0.15) is 4.90 Å². The number of nitrogens with zero attached hydrogens (tertiary/aromatic N) is 1. The number of hydrogen-bond donors (Lipinski definition) is 1. The summed E-state index contributed by atoms with van der Waals surface area (Å²) in [4.78, 5) is 9.78. The Balaban J connectivity index is 2.13. The fourth-order valence-electron chi connectivity index (χ4n) is 2.13. The van der Waals surface area contributed by atoms with E-state index in [9.17, 15) is 18.5 Å². The molecule has 0 heterocycles. The van der Waals surface area contributed by atoms with Crippen LogP contribution < -0.4 is 4.72 Å². The fourth-order valence-corrected chi connectivity index (χ4v) is 3.91. The second-order valence-electron chi connectivity index (χ2n) is 4.74. The van der Waals surface area contributed by atoms with Crippen molar-refractivity contribution < 1.29 is 18.1 Å². The van der Waals surface area contributed by atoms with Gasteiger partial charge in [-0.15, -0.1) is 0 Å². The molecule has 1 fully saturated rings. The minimum absolute atomic E-state index is 0.0474. The minimum atomic E-state index is -3.89. The quantitative estimate of drug-likeness (QED) is 0.634. The summed E-state index contributed by atoms with van der Waals surface area (Å²) in [5.74, 6) is 0. The fraction of sp³-hybridized carbons (Fsp3) is 0.500. The van der Waals surface area contributed by atoms with Gasteiger partial charge in [0.15, 0.2) is 0 Å². The third kappa shape index (κ3) is 3.70. The van der Waals surface area contributed by atoms with Gasteiger partial charge < -0.3 is 4.74 Å². The van der Waals surface area contributed by atoms with Gasteiger partial charge in [-0.05, 0) is 25.8 Å². The first-order valence-corrected chi connectivity index (χ1v) is 8.27. The zero-order valence-electron chi connectivity index (χ0n) is 11.3. The molecule has 0 saturated heterocycles. The van der Waals surface area contributed by atoms with Crippen LogP contribution in [0, 0.1) is 10.1 Å². The Morgan fingerprint density at radius 2 is 2.14 bits per heavy atom. The number of nitro groups is 1. The molecule has 0 radical (unpaired) electrons. The molecule has 0 unspecified atom stereocenters. The number of hydrogen-bond acceptors (Lipinski definition) is 5. The maximum Gasteiger partial charge on any atom is 0.270 e. The highest BCUT2D eigenvalue weighted by molar-refractivity contribution is 7.89. The van der Waals surface area contributed by atoms with Gasteiger partial charge in [0.05, 0.1) is 16.0 Å². The SMILES string of the molecule is CCOC1CC(NS(=O)(=O)c2cc([N+](=O)[O-])ccc2Cl)C1. The number of ether oxygens (including phenoxy) is 1. The van der Waals surface area contributed by atoms with E-state index in [0.29, 0.717) is 19.4 Å². The number of nitrogens with one attached hydrogen (secondary N) is 1. The van der Waals surface area contributed by atoms with Crippen molar-refractivity contribution in [1.29, 1.82) is 0 Å². The van der Waals surface area contributed by atoms with E-state index in [-0.39, 0.29) is 27.8 Å². The van der Waals surface area contributed by atoms with Crippen molar-refractivity contribution in [3.05, 3.63) is 33.3 Å². The monoisotopic (exact) mass is 334 g/mol. The van der Waals surface area contributed by atoms with Crippen molar-refractivity contribution in [2.45, 2.75) is 36.8 Å². The molecule has 1 N–H and O–H groups in total. The Hall–Kier alpha value is -1.22. The molecule has 1 aliphatic rings. The van der Waals surface area contributed by atoms with Crippen LogP contribution in [0.1, 0.15) is 19.8 Å². The second kappa shape index (κ2) is 6.27. The van der Waals surface area contributed by atoms with Crippen LogP contribution in [0.25, 0.3) is 0 Å². The maximum absolute atomic E-state index is 12.2. The van der Waals surface area contributed by atoms with Gasteiger partial charge >= 0.3 is 0 Å². The first-order chi connectivity index (χ1) is 9.83. The molecule has 0 aliphatic heterocycles. The highest BCUT2D eigenvalue weighted by Gasteiger charge is 2.34.